The van der Waals surface area contributed by atoms with E-state index in [1.54, 1.807) is 7.11 Å². The number of ketones is 1. The molecular formula is C31H30O3. The number of carbonyl (C=O) groups is 1. The van der Waals surface area contributed by atoms with Crippen LogP contribution in [0, 0.1) is 13.8 Å². The van der Waals surface area contributed by atoms with E-state index in [1.807, 2.05) is 73.7 Å². The van der Waals surface area contributed by atoms with E-state index in [-0.39, 0.29) is 11.2 Å². The van der Waals surface area contributed by atoms with Crippen molar-refractivity contribution in [3.05, 3.63) is 124 Å². The van der Waals surface area contributed by atoms with E-state index in [4.69, 9.17) is 9.47 Å². The Morgan fingerprint density at radius 2 is 1.21 bits per heavy atom. The van der Waals surface area contributed by atoms with Crippen LogP contribution in [-0.2, 0) is 5.41 Å². The molecule has 172 valence electrons. The number of benzene rings is 4. The molecule has 3 nitrogen and oxygen atoms in total. The molecular weight excluding hydrogens is 420 g/mol. The van der Waals surface area contributed by atoms with Gasteiger partial charge in [0.25, 0.3) is 0 Å². The summed E-state index contributed by atoms with van der Waals surface area (Å²) >= 11 is 0. The first-order chi connectivity index (χ1) is 16.3. The van der Waals surface area contributed by atoms with Gasteiger partial charge in [-0.1, -0.05) is 67.9 Å². The zero-order valence-corrected chi connectivity index (χ0v) is 20.4. The first kappa shape index (κ1) is 23.3. The van der Waals surface area contributed by atoms with Crippen molar-refractivity contribution < 1.29 is 14.3 Å². The van der Waals surface area contributed by atoms with Crippen molar-refractivity contribution in [3.8, 4) is 17.2 Å². The molecule has 0 saturated carbocycles. The van der Waals surface area contributed by atoms with E-state index in [0.29, 0.717) is 16.9 Å². The summed E-state index contributed by atoms with van der Waals surface area (Å²) in [4.78, 5) is 12.7. The van der Waals surface area contributed by atoms with Gasteiger partial charge in [-0.05, 0) is 73.0 Å². The van der Waals surface area contributed by atoms with Crippen molar-refractivity contribution in [2.75, 3.05) is 7.11 Å². The lowest BCUT2D eigenvalue weighted by Crippen LogP contribution is -2.19. The summed E-state index contributed by atoms with van der Waals surface area (Å²) in [5.41, 5.74) is 5.78. The van der Waals surface area contributed by atoms with E-state index in [2.05, 4.69) is 45.0 Å². The molecule has 0 aliphatic heterocycles. The average Bonchev–Trinajstić information content (AvgIpc) is 2.85. The average molecular weight is 451 g/mol. The van der Waals surface area contributed by atoms with Crippen LogP contribution in [0.5, 0.6) is 17.2 Å². The molecule has 0 spiro atoms. The molecule has 0 amide bonds. The molecule has 3 heteroatoms. The first-order valence-electron chi connectivity index (χ1n) is 11.4. The first-order valence-corrected chi connectivity index (χ1v) is 11.4. The topological polar surface area (TPSA) is 35.5 Å². The Hall–Kier alpha value is -3.85. The van der Waals surface area contributed by atoms with E-state index in [0.717, 1.165) is 22.6 Å². The van der Waals surface area contributed by atoms with Gasteiger partial charge < -0.3 is 9.47 Å². The summed E-state index contributed by atoms with van der Waals surface area (Å²) in [6.07, 6.45) is 0. The molecule has 0 heterocycles. The van der Waals surface area contributed by atoms with Gasteiger partial charge in [-0.2, -0.15) is 0 Å². The number of hydrogen-bond donors (Lipinski definition) is 0. The van der Waals surface area contributed by atoms with Gasteiger partial charge in [0.15, 0.2) is 5.78 Å². The second-order valence-corrected chi connectivity index (χ2v) is 9.16. The minimum Gasteiger partial charge on any atom is -0.497 e. The lowest BCUT2D eigenvalue weighted by molar-refractivity contribution is 0.103. The van der Waals surface area contributed by atoms with E-state index < -0.39 is 0 Å². The molecule has 4 aromatic rings. The fourth-order valence-electron chi connectivity index (χ4n) is 4.00. The fourth-order valence-corrected chi connectivity index (χ4v) is 4.00. The third kappa shape index (κ3) is 4.89. The molecule has 4 aromatic carbocycles. The van der Waals surface area contributed by atoms with Crippen LogP contribution in [0.3, 0.4) is 0 Å². The van der Waals surface area contributed by atoms with Crippen LogP contribution in [0.25, 0.3) is 0 Å². The molecule has 0 aliphatic carbocycles. The van der Waals surface area contributed by atoms with Gasteiger partial charge >= 0.3 is 0 Å². The monoisotopic (exact) mass is 450 g/mol. The normalized spacial score (nSPS) is 11.2. The lowest BCUT2D eigenvalue weighted by Gasteiger charge is -2.27. The summed E-state index contributed by atoms with van der Waals surface area (Å²) in [5, 5.41) is 0. The minimum atomic E-state index is -0.159. The highest BCUT2D eigenvalue weighted by Gasteiger charge is 2.24. The third-order valence-corrected chi connectivity index (χ3v) is 6.37. The van der Waals surface area contributed by atoms with Crippen molar-refractivity contribution in [3.63, 3.8) is 0 Å². The maximum atomic E-state index is 12.7. The van der Waals surface area contributed by atoms with Crippen LogP contribution in [0.4, 0.5) is 0 Å². The Labute approximate surface area is 202 Å². The van der Waals surface area contributed by atoms with Crippen LogP contribution in [0.2, 0.25) is 0 Å². The van der Waals surface area contributed by atoms with Gasteiger partial charge in [0.05, 0.1) is 7.11 Å². The third-order valence-electron chi connectivity index (χ3n) is 6.37. The number of carbonyl (C=O) groups excluding carboxylic acids is 1. The fraction of sp³-hybridized carbons (Fsp3) is 0.194. The van der Waals surface area contributed by atoms with E-state index in [1.165, 1.54) is 11.1 Å². The zero-order valence-electron chi connectivity index (χ0n) is 20.4. The summed E-state index contributed by atoms with van der Waals surface area (Å²) in [5.74, 6) is 2.36. The molecule has 4 rings (SSSR count). The molecule has 34 heavy (non-hydrogen) atoms. The van der Waals surface area contributed by atoms with Crippen molar-refractivity contribution in [2.45, 2.75) is 33.1 Å². The molecule has 0 N–H and O–H groups in total. The molecule has 0 radical (unpaired) electrons. The second-order valence-electron chi connectivity index (χ2n) is 9.16. The zero-order chi connectivity index (χ0) is 24.3. The van der Waals surface area contributed by atoms with Gasteiger partial charge in [0.1, 0.15) is 17.2 Å². The second kappa shape index (κ2) is 9.56. The molecule has 0 fully saturated rings. The van der Waals surface area contributed by atoms with Crippen molar-refractivity contribution in [1.29, 1.82) is 0 Å². The Morgan fingerprint density at radius 3 is 1.76 bits per heavy atom. The van der Waals surface area contributed by atoms with E-state index in [9.17, 15) is 4.79 Å². The van der Waals surface area contributed by atoms with Gasteiger partial charge in [-0.15, -0.1) is 0 Å². The Morgan fingerprint density at radius 1 is 0.676 bits per heavy atom. The highest BCUT2D eigenvalue weighted by atomic mass is 16.5. The summed E-state index contributed by atoms with van der Waals surface area (Å²) in [6, 6.07) is 29.5. The van der Waals surface area contributed by atoms with Gasteiger partial charge in [-0.3, -0.25) is 4.79 Å². The molecule has 0 saturated heterocycles. The Kier molecular flexibility index (Phi) is 6.56. The maximum absolute atomic E-state index is 12.7. The van der Waals surface area contributed by atoms with Crippen molar-refractivity contribution >= 4 is 5.78 Å². The number of rotatable bonds is 7. The van der Waals surface area contributed by atoms with Gasteiger partial charge in [0.2, 0.25) is 0 Å². The lowest BCUT2D eigenvalue weighted by atomic mass is 9.77. The van der Waals surface area contributed by atoms with Crippen molar-refractivity contribution in [2.24, 2.45) is 0 Å². The highest BCUT2D eigenvalue weighted by molar-refractivity contribution is 6.09. The predicted molar refractivity (Wildman–Crippen MR) is 137 cm³/mol. The number of methoxy groups -OCH3 is 1. The standard InChI is InChI=1S/C31H30O3/c1-21-6-8-23(9-7-21)30(32)24-10-15-28(16-11-24)34-29-19-14-26(20-22(29)2)31(3,4)25-12-17-27(33-5)18-13-25/h6-20H,1-5H3. The van der Waals surface area contributed by atoms with Gasteiger partial charge in [0, 0.05) is 16.5 Å². The largest absolute Gasteiger partial charge is 0.497 e. The molecule has 0 aliphatic rings. The Bertz CT molecular complexity index is 1280. The van der Waals surface area contributed by atoms with Crippen LogP contribution < -0.4 is 9.47 Å². The van der Waals surface area contributed by atoms with E-state index >= 15 is 0 Å². The predicted octanol–water partition coefficient (Wildman–Crippen LogP) is 7.66. The van der Waals surface area contributed by atoms with Crippen LogP contribution in [0.15, 0.2) is 91.0 Å². The molecule has 0 bridgehead atoms. The van der Waals surface area contributed by atoms with Crippen LogP contribution in [-0.4, -0.2) is 12.9 Å². The van der Waals surface area contributed by atoms with Gasteiger partial charge in [-0.25, -0.2) is 0 Å². The highest BCUT2D eigenvalue weighted by Crippen LogP contribution is 2.35. The quantitative estimate of drug-likeness (QED) is 0.271. The Balaban J connectivity index is 1.50. The summed E-state index contributed by atoms with van der Waals surface area (Å²) in [7, 11) is 1.68. The summed E-state index contributed by atoms with van der Waals surface area (Å²) < 4.78 is 11.4. The molecule has 0 unspecified atom stereocenters. The molecule has 0 atom stereocenters. The summed E-state index contributed by atoms with van der Waals surface area (Å²) in [6.45, 7) is 8.50. The molecule has 0 aromatic heterocycles. The number of aryl methyl sites for hydroxylation is 2. The number of ether oxygens (including phenoxy) is 2. The SMILES string of the molecule is COc1ccc(C(C)(C)c2ccc(Oc3ccc(C(=O)c4ccc(C)cc4)cc3)c(C)c2)cc1. The van der Waals surface area contributed by atoms with Crippen LogP contribution >= 0.6 is 0 Å². The smallest absolute Gasteiger partial charge is 0.193 e. The maximum Gasteiger partial charge on any atom is 0.193 e. The number of hydrogen-bond acceptors (Lipinski definition) is 3. The van der Waals surface area contributed by atoms with Crippen molar-refractivity contribution in [1.82, 2.24) is 0 Å². The van der Waals surface area contributed by atoms with Crippen LogP contribution in [0.1, 0.15) is 52.0 Å². The minimum absolute atomic E-state index is 0.00727.